The van der Waals surface area contributed by atoms with Crippen molar-refractivity contribution in [2.75, 3.05) is 26.0 Å². The quantitative estimate of drug-likeness (QED) is 0.313. The lowest BCUT2D eigenvalue weighted by Gasteiger charge is -2.36. The summed E-state index contributed by atoms with van der Waals surface area (Å²) in [6, 6.07) is 18.4. The number of hydrogen-bond acceptors (Lipinski definition) is 7. The fourth-order valence-corrected chi connectivity index (χ4v) is 7.35. The summed E-state index contributed by atoms with van der Waals surface area (Å²) >= 11 is 1.41. The first kappa shape index (κ1) is 31.5. The van der Waals surface area contributed by atoms with Crippen molar-refractivity contribution in [2.45, 2.75) is 81.0 Å². The molecule has 0 radical (unpaired) electrons. The molecular formula is C35H41F2NO5S. The predicted octanol–water partition coefficient (Wildman–Crippen LogP) is 6.11. The van der Waals surface area contributed by atoms with Gasteiger partial charge in [-0.05, 0) is 91.4 Å². The van der Waals surface area contributed by atoms with E-state index in [1.54, 1.807) is 0 Å². The molecule has 0 aliphatic carbocycles. The molecule has 0 bridgehead atoms. The summed E-state index contributed by atoms with van der Waals surface area (Å²) < 4.78 is 46.3. The minimum absolute atomic E-state index is 0.0904. The SMILES string of the molecule is CS[C@H]1O[C@@H](c2ccc(C)c(Cc3ccc(O[C@@H]4CCN([C@H]5CC[C@@H](c6cc(F)ccc6F)OC5)C4)cc3)c2)C[C@@H](O)[C@@H]1O. The van der Waals surface area contributed by atoms with Gasteiger partial charge in [-0.2, -0.15) is 0 Å². The Hall–Kier alpha value is -2.53. The monoisotopic (exact) mass is 625 g/mol. The van der Waals surface area contributed by atoms with Crippen LogP contribution in [-0.2, 0) is 15.9 Å². The second kappa shape index (κ2) is 13.8. The van der Waals surface area contributed by atoms with Gasteiger partial charge in [-0.3, -0.25) is 4.90 Å². The Bertz CT molecular complexity index is 1420. The molecule has 0 saturated carbocycles. The summed E-state index contributed by atoms with van der Waals surface area (Å²) in [7, 11) is 0. The Morgan fingerprint density at radius 2 is 1.80 bits per heavy atom. The summed E-state index contributed by atoms with van der Waals surface area (Å²) in [4.78, 5) is 2.39. The number of benzene rings is 3. The summed E-state index contributed by atoms with van der Waals surface area (Å²) in [5.41, 5.74) is 4.44. The zero-order valence-corrected chi connectivity index (χ0v) is 26.0. The van der Waals surface area contributed by atoms with Gasteiger partial charge < -0.3 is 24.4 Å². The zero-order valence-electron chi connectivity index (χ0n) is 25.2. The van der Waals surface area contributed by atoms with Crippen molar-refractivity contribution >= 4 is 11.8 Å². The lowest BCUT2D eigenvalue weighted by molar-refractivity contribution is -0.137. The fraction of sp³-hybridized carbons (Fsp3) is 0.486. The van der Waals surface area contributed by atoms with Gasteiger partial charge in [-0.25, -0.2) is 8.78 Å². The Balaban J connectivity index is 1.01. The second-order valence-corrected chi connectivity index (χ2v) is 13.2. The molecule has 44 heavy (non-hydrogen) atoms. The van der Waals surface area contributed by atoms with Gasteiger partial charge >= 0.3 is 0 Å². The minimum atomic E-state index is -0.881. The standard InChI is InChI=1S/C35H41F2NO5S/c1-21-3-6-23(33-18-31(39)34(40)35(43-33)44-2)16-24(21)15-22-4-9-27(10-5-22)42-28-13-14-38(19-28)26-8-12-32(41-20-26)29-17-25(36)7-11-30(29)37/h3-7,9-11,16-17,26,28,31-35,39-40H,8,12-15,18-20H2,1-2H3/t26-,28+,31+,32-,33+,34-,35+/m0/s1. The van der Waals surface area contributed by atoms with E-state index in [9.17, 15) is 19.0 Å². The van der Waals surface area contributed by atoms with E-state index in [0.717, 1.165) is 49.7 Å². The molecule has 0 unspecified atom stereocenters. The molecule has 3 fully saturated rings. The molecule has 3 aromatic rings. The molecule has 3 aliphatic heterocycles. The Labute approximate surface area is 262 Å². The van der Waals surface area contributed by atoms with Crippen LogP contribution >= 0.6 is 11.8 Å². The number of ether oxygens (including phenoxy) is 3. The highest BCUT2D eigenvalue weighted by Gasteiger charge is 2.37. The fourth-order valence-electron chi connectivity index (χ4n) is 6.64. The second-order valence-electron chi connectivity index (χ2n) is 12.3. The lowest BCUT2D eigenvalue weighted by Crippen LogP contribution is -2.43. The van der Waals surface area contributed by atoms with Crippen molar-refractivity contribution < 1.29 is 33.2 Å². The van der Waals surface area contributed by atoms with Crippen LogP contribution in [0.25, 0.3) is 0 Å². The third-order valence-electron chi connectivity index (χ3n) is 9.27. The van der Waals surface area contributed by atoms with Gasteiger partial charge in [0.15, 0.2) is 0 Å². The van der Waals surface area contributed by atoms with Crippen LogP contribution in [0.15, 0.2) is 60.7 Å². The number of aliphatic hydroxyl groups excluding tert-OH is 2. The number of likely N-dealkylation sites (tertiary alicyclic amines) is 1. The van der Waals surface area contributed by atoms with Crippen LogP contribution in [-0.4, -0.2) is 70.9 Å². The van der Waals surface area contributed by atoms with Crippen molar-refractivity contribution in [3.05, 3.63) is 100 Å². The van der Waals surface area contributed by atoms with Gasteiger partial charge in [0, 0.05) is 31.1 Å². The molecule has 6 nitrogen and oxygen atoms in total. The van der Waals surface area contributed by atoms with E-state index in [1.165, 1.54) is 40.6 Å². The van der Waals surface area contributed by atoms with Crippen LogP contribution < -0.4 is 4.74 Å². The Morgan fingerprint density at radius 1 is 0.977 bits per heavy atom. The van der Waals surface area contributed by atoms with E-state index in [-0.39, 0.29) is 18.2 Å². The molecule has 0 aromatic heterocycles. The maximum atomic E-state index is 14.2. The number of halogens is 2. The van der Waals surface area contributed by atoms with Crippen LogP contribution in [0.1, 0.15) is 65.7 Å². The van der Waals surface area contributed by atoms with Gasteiger partial charge in [-0.1, -0.05) is 30.3 Å². The average molecular weight is 626 g/mol. The van der Waals surface area contributed by atoms with E-state index in [2.05, 4.69) is 42.2 Å². The lowest BCUT2D eigenvalue weighted by atomic mass is 9.93. The van der Waals surface area contributed by atoms with Crippen molar-refractivity contribution in [3.8, 4) is 5.75 Å². The van der Waals surface area contributed by atoms with Crippen LogP contribution in [0.2, 0.25) is 0 Å². The highest BCUT2D eigenvalue weighted by atomic mass is 32.2. The first-order valence-electron chi connectivity index (χ1n) is 15.5. The molecule has 3 aliphatic rings. The highest BCUT2D eigenvalue weighted by Crippen LogP contribution is 2.37. The molecule has 3 heterocycles. The van der Waals surface area contributed by atoms with Gasteiger partial charge in [0.2, 0.25) is 0 Å². The van der Waals surface area contributed by atoms with Gasteiger partial charge in [0.25, 0.3) is 0 Å². The van der Waals surface area contributed by atoms with Gasteiger partial charge in [0.1, 0.15) is 35.0 Å². The van der Waals surface area contributed by atoms with E-state index in [0.29, 0.717) is 25.0 Å². The third-order valence-corrected chi connectivity index (χ3v) is 10.1. The van der Waals surface area contributed by atoms with Crippen molar-refractivity contribution in [2.24, 2.45) is 0 Å². The number of aliphatic hydroxyl groups is 2. The van der Waals surface area contributed by atoms with Crippen molar-refractivity contribution in [1.82, 2.24) is 4.90 Å². The molecule has 3 saturated heterocycles. The van der Waals surface area contributed by atoms with Crippen LogP contribution in [0.3, 0.4) is 0 Å². The van der Waals surface area contributed by atoms with Crippen LogP contribution in [0, 0.1) is 18.6 Å². The van der Waals surface area contributed by atoms with Crippen LogP contribution in [0.5, 0.6) is 5.75 Å². The Kier molecular flexibility index (Phi) is 9.90. The number of nitrogens with zero attached hydrogens (tertiary/aromatic N) is 1. The van der Waals surface area contributed by atoms with Crippen molar-refractivity contribution in [3.63, 3.8) is 0 Å². The number of aryl methyl sites for hydroxylation is 1. The molecular weight excluding hydrogens is 584 g/mol. The smallest absolute Gasteiger partial charge is 0.132 e. The molecule has 7 atom stereocenters. The normalized spacial score (nSPS) is 29.5. The third kappa shape index (κ3) is 7.14. The van der Waals surface area contributed by atoms with E-state index < -0.39 is 35.4 Å². The Morgan fingerprint density at radius 3 is 2.55 bits per heavy atom. The molecule has 236 valence electrons. The first-order chi connectivity index (χ1) is 21.3. The summed E-state index contributed by atoms with van der Waals surface area (Å²) in [6.45, 7) is 4.33. The maximum Gasteiger partial charge on any atom is 0.132 e. The van der Waals surface area contributed by atoms with Crippen LogP contribution in [0.4, 0.5) is 8.78 Å². The highest BCUT2D eigenvalue weighted by molar-refractivity contribution is 7.99. The summed E-state index contributed by atoms with van der Waals surface area (Å²) in [5, 5.41) is 20.6. The summed E-state index contributed by atoms with van der Waals surface area (Å²) in [6.07, 6.45) is 3.21. The molecule has 3 aromatic carbocycles. The first-order valence-corrected chi connectivity index (χ1v) is 16.8. The molecule has 0 spiro atoms. The number of thioether (sulfide) groups is 1. The number of hydrogen-bond donors (Lipinski definition) is 2. The molecule has 9 heteroatoms. The van der Waals surface area contributed by atoms with E-state index in [1.807, 2.05) is 18.4 Å². The maximum absolute atomic E-state index is 14.2. The zero-order chi connectivity index (χ0) is 30.8. The molecule has 2 N–H and O–H groups in total. The molecule has 6 rings (SSSR count). The van der Waals surface area contributed by atoms with Gasteiger partial charge in [-0.15, -0.1) is 11.8 Å². The van der Waals surface area contributed by atoms with E-state index in [4.69, 9.17) is 14.2 Å². The average Bonchev–Trinajstić information content (AvgIpc) is 3.50. The summed E-state index contributed by atoms with van der Waals surface area (Å²) in [5.74, 6) is -0.0133. The van der Waals surface area contributed by atoms with E-state index >= 15 is 0 Å². The molecule has 0 amide bonds. The van der Waals surface area contributed by atoms with Gasteiger partial charge in [0.05, 0.1) is 24.9 Å². The topological polar surface area (TPSA) is 71.4 Å². The minimum Gasteiger partial charge on any atom is -0.489 e. The van der Waals surface area contributed by atoms with Crippen molar-refractivity contribution in [1.29, 1.82) is 0 Å². The predicted molar refractivity (Wildman–Crippen MR) is 167 cm³/mol. The number of rotatable bonds is 8. The largest absolute Gasteiger partial charge is 0.489 e.